The van der Waals surface area contributed by atoms with Gasteiger partial charge in [-0.3, -0.25) is 4.90 Å². The first kappa shape index (κ1) is 13.2. The standard InChI is InChI=1S/C18H21NO/c1-2-17(16-9-5-6-10-18(16)20)19-12-11-14-7-3-4-8-15(14)13-19/h3-10,17,20H,2,11-13H2,1H3. The van der Waals surface area contributed by atoms with Crippen LogP contribution >= 0.6 is 0 Å². The zero-order valence-electron chi connectivity index (χ0n) is 11.9. The van der Waals surface area contributed by atoms with E-state index in [-0.39, 0.29) is 0 Å². The maximum absolute atomic E-state index is 10.1. The number of para-hydroxylation sites is 1. The van der Waals surface area contributed by atoms with E-state index in [1.54, 1.807) is 6.07 Å². The van der Waals surface area contributed by atoms with Gasteiger partial charge in [-0.05, 0) is 30.0 Å². The molecule has 1 atom stereocenters. The van der Waals surface area contributed by atoms with Crippen molar-refractivity contribution in [1.82, 2.24) is 4.90 Å². The minimum Gasteiger partial charge on any atom is -0.508 e. The molecule has 0 fully saturated rings. The van der Waals surface area contributed by atoms with Gasteiger partial charge in [-0.1, -0.05) is 49.4 Å². The molecule has 2 heteroatoms. The zero-order chi connectivity index (χ0) is 13.9. The Bertz CT molecular complexity index is 593. The molecule has 1 aliphatic rings. The molecule has 0 aliphatic carbocycles. The van der Waals surface area contributed by atoms with Crippen LogP contribution in [0, 0.1) is 0 Å². The van der Waals surface area contributed by atoms with Gasteiger partial charge in [0.2, 0.25) is 0 Å². The van der Waals surface area contributed by atoms with Crippen molar-refractivity contribution >= 4 is 0 Å². The van der Waals surface area contributed by atoms with Crippen LogP contribution < -0.4 is 0 Å². The van der Waals surface area contributed by atoms with Crippen LogP contribution in [0.4, 0.5) is 0 Å². The molecule has 0 aromatic heterocycles. The highest BCUT2D eigenvalue weighted by Gasteiger charge is 2.24. The summed E-state index contributed by atoms with van der Waals surface area (Å²) in [6.07, 6.45) is 2.11. The van der Waals surface area contributed by atoms with Crippen LogP contribution in [0.15, 0.2) is 48.5 Å². The van der Waals surface area contributed by atoms with Gasteiger partial charge in [0.05, 0.1) is 0 Å². The Morgan fingerprint density at radius 3 is 2.50 bits per heavy atom. The van der Waals surface area contributed by atoms with Crippen molar-refractivity contribution in [3.8, 4) is 5.75 Å². The van der Waals surface area contributed by atoms with Crippen LogP contribution in [-0.4, -0.2) is 16.6 Å². The number of benzene rings is 2. The van der Waals surface area contributed by atoms with Gasteiger partial charge in [0, 0.05) is 24.7 Å². The van der Waals surface area contributed by atoms with E-state index < -0.39 is 0 Å². The summed E-state index contributed by atoms with van der Waals surface area (Å²) in [5.74, 6) is 0.415. The Labute approximate surface area is 120 Å². The lowest BCUT2D eigenvalue weighted by atomic mass is 9.95. The van der Waals surface area contributed by atoms with E-state index in [0.29, 0.717) is 11.8 Å². The number of phenols is 1. The first-order chi connectivity index (χ1) is 9.79. The molecule has 0 saturated heterocycles. The number of nitrogens with zero attached hydrogens (tertiary/aromatic N) is 1. The fourth-order valence-corrected chi connectivity index (χ4v) is 3.23. The first-order valence-electron chi connectivity index (χ1n) is 7.38. The summed E-state index contributed by atoms with van der Waals surface area (Å²) in [5.41, 5.74) is 3.94. The summed E-state index contributed by atoms with van der Waals surface area (Å²) in [6, 6.07) is 16.7. The molecule has 0 saturated carbocycles. The minimum atomic E-state index is 0.296. The fourth-order valence-electron chi connectivity index (χ4n) is 3.23. The molecule has 20 heavy (non-hydrogen) atoms. The van der Waals surface area contributed by atoms with Crippen LogP contribution in [0.2, 0.25) is 0 Å². The second-order valence-electron chi connectivity index (χ2n) is 5.47. The Morgan fingerprint density at radius 1 is 1.05 bits per heavy atom. The van der Waals surface area contributed by atoms with Crippen molar-refractivity contribution in [2.45, 2.75) is 32.4 Å². The van der Waals surface area contributed by atoms with E-state index in [1.165, 1.54) is 11.1 Å². The number of aromatic hydroxyl groups is 1. The number of fused-ring (bicyclic) bond motifs is 1. The molecule has 0 bridgehead atoms. The number of hydrogen-bond acceptors (Lipinski definition) is 2. The summed E-state index contributed by atoms with van der Waals surface area (Å²) in [6.45, 7) is 4.23. The Balaban J connectivity index is 1.87. The molecule has 104 valence electrons. The first-order valence-corrected chi connectivity index (χ1v) is 7.38. The third kappa shape index (κ3) is 2.44. The maximum Gasteiger partial charge on any atom is 0.120 e. The molecular weight excluding hydrogens is 246 g/mol. The quantitative estimate of drug-likeness (QED) is 0.911. The molecule has 2 nitrogen and oxygen atoms in total. The molecule has 1 N–H and O–H groups in total. The van der Waals surface area contributed by atoms with Gasteiger partial charge in [-0.25, -0.2) is 0 Å². The molecular formula is C18H21NO. The fraction of sp³-hybridized carbons (Fsp3) is 0.333. The Hall–Kier alpha value is -1.80. The molecule has 0 amide bonds. The monoisotopic (exact) mass is 267 g/mol. The predicted molar refractivity (Wildman–Crippen MR) is 81.7 cm³/mol. The third-order valence-corrected chi connectivity index (χ3v) is 4.28. The van der Waals surface area contributed by atoms with Gasteiger partial charge in [-0.2, -0.15) is 0 Å². The molecule has 0 radical (unpaired) electrons. The van der Waals surface area contributed by atoms with Crippen LogP contribution in [0.1, 0.15) is 36.1 Å². The summed E-state index contributed by atoms with van der Waals surface area (Å²) in [7, 11) is 0. The summed E-state index contributed by atoms with van der Waals surface area (Å²) in [5, 5.41) is 10.1. The van der Waals surface area contributed by atoms with Gasteiger partial charge in [0.15, 0.2) is 0 Å². The number of hydrogen-bond donors (Lipinski definition) is 1. The van der Waals surface area contributed by atoms with Crippen LogP contribution in [0.5, 0.6) is 5.75 Å². The number of phenolic OH excluding ortho intramolecular Hbond substituents is 1. The van der Waals surface area contributed by atoms with Gasteiger partial charge in [0.25, 0.3) is 0 Å². The van der Waals surface area contributed by atoms with E-state index in [9.17, 15) is 5.11 Å². The topological polar surface area (TPSA) is 23.5 Å². The Kier molecular flexibility index (Phi) is 3.75. The summed E-state index contributed by atoms with van der Waals surface area (Å²) in [4.78, 5) is 2.48. The molecule has 1 heterocycles. The summed E-state index contributed by atoms with van der Waals surface area (Å²) >= 11 is 0. The van der Waals surface area contributed by atoms with Crippen molar-refractivity contribution in [3.63, 3.8) is 0 Å². The number of rotatable bonds is 3. The highest BCUT2D eigenvalue weighted by Crippen LogP contribution is 2.34. The van der Waals surface area contributed by atoms with E-state index in [4.69, 9.17) is 0 Å². The smallest absolute Gasteiger partial charge is 0.120 e. The highest BCUT2D eigenvalue weighted by atomic mass is 16.3. The van der Waals surface area contributed by atoms with Crippen molar-refractivity contribution in [1.29, 1.82) is 0 Å². The lowest BCUT2D eigenvalue weighted by molar-refractivity contribution is 0.171. The van der Waals surface area contributed by atoms with Crippen LogP contribution in [0.3, 0.4) is 0 Å². The lowest BCUT2D eigenvalue weighted by Crippen LogP contribution is -2.33. The summed E-state index contributed by atoms with van der Waals surface area (Å²) < 4.78 is 0. The largest absolute Gasteiger partial charge is 0.508 e. The normalized spacial score (nSPS) is 16.6. The lowest BCUT2D eigenvalue weighted by Gasteiger charge is -2.35. The van der Waals surface area contributed by atoms with Crippen molar-refractivity contribution in [2.75, 3.05) is 6.54 Å². The van der Waals surface area contributed by atoms with Crippen LogP contribution in [0.25, 0.3) is 0 Å². The van der Waals surface area contributed by atoms with Crippen molar-refractivity contribution < 1.29 is 5.11 Å². The van der Waals surface area contributed by atoms with Gasteiger partial charge in [-0.15, -0.1) is 0 Å². The second kappa shape index (κ2) is 5.68. The average Bonchev–Trinajstić information content (AvgIpc) is 2.50. The molecule has 2 aromatic carbocycles. The third-order valence-electron chi connectivity index (χ3n) is 4.28. The SMILES string of the molecule is CCC(c1ccccc1O)N1CCc2ccccc2C1. The van der Waals surface area contributed by atoms with E-state index in [1.807, 2.05) is 18.2 Å². The van der Waals surface area contributed by atoms with E-state index >= 15 is 0 Å². The maximum atomic E-state index is 10.1. The van der Waals surface area contributed by atoms with Crippen molar-refractivity contribution in [2.24, 2.45) is 0 Å². The Morgan fingerprint density at radius 2 is 1.75 bits per heavy atom. The van der Waals surface area contributed by atoms with Crippen LogP contribution in [-0.2, 0) is 13.0 Å². The van der Waals surface area contributed by atoms with E-state index in [2.05, 4.69) is 36.1 Å². The second-order valence-corrected chi connectivity index (χ2v) is 5.47. The predicted octanol–water partition coefficient (Wildman–Crippen LogP) is 3.90. The molecule has 2 aromatic rings. The van der Waals surface area contributed by atoms with Gasteiger partial charge in [0.1, 0.15) is 5.75 Å². The highest BCUT2D eigenvalue weighted by molar-refractivity contribution is 5.36. The average molecular weight is 267 g/mol. The molecule has 1 unspecified atom stereocenters. The van der Waals surface area contributed by atoms with Crippen molar-refractivity contribution in [3.05, 3.63) is 65.2 Å². The molecule has 3 rings (SSSR count). The van der Waals surface area contributed by atoms with Gasteiger partial charge < -0.3 is 5.11 Å². The zero-order valence-corrected chi connectivity index (χ0v) is 11.9. The molecule has 1 aliphatic heterocycles. The minimum absolute atomic E-state index is 0.296. The van der Waals surface area contributed by atoms with Gasteiger partial charge >= 0.3 is 0 Å². The van der Waals surface area contributed by atoms with E-state index in [0.717, 1.165) is 31.5 Å². The molecule has 0 spiro atoms.